The number of hydrogen-bond donors (Lipinski definition) is 2. The lowest BCUT2D eigenvalue weighted by molar-refractivity contribution is 0.0950. The fourth-order valence-corrected chi connectivity index (χ4v) is 2.86. The van der Waals surface area contributed by atoms with E-state index in [1.807, 2.05) is 31.3 Å². The van der Waals surface area contributed by atoms with E-state index in [2.05, 4.69) is 32.0 Å². The minimum absolute atomic E-state index is 0.127. The third-order valence-corrected chi connectivity index (χ3v) is 4.26. The van der Waals surface area contributed by atoms with E-state index in [0.717, 1.165) is 23.6 Å². The number of imidazole rings is 1. The Morgan fingerprint density at radius 3 is 2.65 bits per heavy atom. The summed E-state index contributed by atoms with van der Waals surface area (Å²) in [7, 11) is 0. The second-order valence-electron chi connectivity index (χ2n) is 6.27. The van der Waals surface area contributed by atoms with Gasteiger partial charge >= 0.3 is 0 Å². The van der Waals surface area contributed by atoms with Crippen LogP contribution in [0.4, 0.5) is 0 Å². The SMILES string of the molecule is Cc1ccc(C(=O)NCCn2c(C)cnc2Cc2ccccc2)c(=O)[nH]1. The Hall–Kier alpha value is -3.15. The molecule has 0 radical (unpaired) electrons. The summed E-state index contributed by atoms with van der Waals surface area (Å²) in [5.74, 6) is 0.588. The number of aromatic nitrogens is 3. The third kappa shape index (κ3) is 4.08. The van der Waals surface area contributed by atoms with Gasteiger partial charge in [-0.1, -0.05) is 30.3 Å². The highest BCUT2D eigenvalue weighted by Crippen LogP contribution is 2.10. The van der Waals surface area contributed by atoms with Crippen LogP contribution < -0.4 is 10.9 Å². The summed E-state index contributed by atoms with van der Waals surface area (Å²) in [6.07, 6.45) is 2.57. The molecule has 6 heteroatoms. The molecule has 0 saturated carbocycles. The molecule has 6 nitrogen and oxygen atoms in total. The number of pyridine rings is 1. The average molecular weight is 350 g/mol. The quantitative estimate of drug-likeness (QED) is 0.715. The zero-order valence-electron chi connectivity index (χ0n) is 15.0. The number of carbonyl (C=O) groups is 1. The van der Waals surface area contributed by atoms with Crippen LogP contribution in [0.2, 0.25) is 0 Å². The molecule has 0 aliphatic heterocycles. The van der Waals surface area contributed by atoms with Gasteiger partial charge in [0.15, 0.2) is 0 Å². The highest BCUT2D eigenvalue weighted by molar-refractivity contribution is 5.93. The Balaban J connectivity index is 1.64. The summed E-state index contributed by atoms with van der Waals surface area (Å²) in [4.78, 5) is 31.2. The maximum Gasteiger partial charge on any atom is 0.260 e. The van der Waals surface area contributed by atoms with Crippen molar-refractivity contribution in [2.24, 2.45) is 0 Å². The third-order valence-electron chi connectivity index (χ3n) is 4.26. The van der Waals surface area contributed by atoms with Gasteiger partial charge in [-0.15, -0.1) is 0 Å². The van der Waals surface area contributed by atoms with Crippen molar-refractivity contribution in [3.8, 4) is 0 Å². The molecule has 134 valence electrons. The lowest BCUT2D eigenvalue weighted by Crippen LogP contribution is -2.32. The van der Waals surface area contributed by atoms with Crippen LogP contribution in [0.1, 0.15) is 33.1 Å². The van der Waals surface area contributed by atoms with Crippen molar-refractivity contribution in [1.29, 1.82) is 0 Å². The summed E-state index contributed by atoms with van der Waals surface area (Å²) in [6, 6.07) is 13.4. The molecule has 1 amide bonds. The maximum absolute atomic E-state index is 12.2. The molecule has 0 fully saturated rings. The number of nitrogens with zero attached hydrogens (tertiary/aromatic N) is 2. The first-order valence-corrected chi connectivity index (χ1v) is 8.57. The van der Waals surface area contributed by atoms with Gasteiger partial charge in [-0.3, -0.25) is 9.59 Å². The highest BCUT2D eigenvalue weighted by atomic mass is 16.2. The Kier molecular flexibility index (Phi) is 5.31. The summed E-state index contributed by atoms with van der Waals surface area (Å²) in [6.45, 7) is 4.79. The number of nitrogens with one attached hydrogen (secondary N) is 2. The first-order valence-electron chi connectivity index (χ1n) is 8.57. The molecule has 0 spiro atoms. The van der Waals surface area contributed by atoms with Crippen molar-refractivity contribution >= 4 is 5.91 Å². The van der Waals surface area contributed by atoms with E-state index in [1.54, 1.807) is 19.1 Å². The second kappa shape index (κ2) is 7.82. The molecule has 2 N–H and O–H groups in total. The van der Waals surface area contributed by atoms with Crippen LogP contribution in [0.25, 0.3) is 0 Å². The molecule has 0 unspecified atom stereocenters. The van der Waals surface area contributed by atoms with Crippen LogP contribution in [0.3, 0.4) is 0 Å². The topological polar surface area (TPSA) is 79.8 Å². The van der Waals surface area contributed by atoms with Crippen molar-refractivity contribution < 1.29 is 4.79 Å². The normalized spacial score (nSPS) is 10.7. The number of aromatic amines is 1. The van der Waals surface area contributed by atoms with Crippen molar-refractivity contribution in [2.45, 2.75) is 26.8 Å². The van der Waals surface area contributed by atoms with E-state index >= 15 is 0 Å². The van der Waals surface area contributed by atoms with Gasteiger partial charge in [-0.05, 0) is 31.5 Å². The monoisotopic (exact) mass is 350 g/mol. The minimum atomic E-state index is -0.369. The van der Waals surface area contributed by atoms with Crippen LogP contribution in [-0.2, 0) is 13.0 Å². The van der Waals surface area contributed by atoms with Crippen molar-refractivity contribution in [2.75, 3.05) is 6.54 Å². The Morgan fingerprint density at radius 1 is 1.15 bits per heavy atom. The largest absolute Gasteiger partial charge is 0.350 e. The molecule has 3 rings (SSSR count). The molecule has 1 aromatic carbocycles. The first-order chi connectivity index (χ1) is 12.5. The molecular weight excluding hydrogens is 328 g/mol. The first kappa shape index (κ1) is 17.7. The van der Waals surface area contributed by atoms with Crippen molar-refractivity contribution in [3.05, 3.63) is 87.4 Å². The van der Waals surface area contributed by atoms with E-state index in [9.17, 15) is 9.59 Å². The lowest BCUT2D eigenvalue weighted by atomic mass is 10.1. The number of amides is 1. The Bertz CT molecular complexity index is 957. The number of aryl methyl sites for hydroxylation is 2. The predicted molar refractivity (Wildman–Crippen MR) is 100 cm³/mol. The summed E-state index contributed by atoms with van der Waals surface area (Å²) in [5.41, 5.74) is 2.72. The number of rotatable bonds is 6. The molecule has 26 heavy (non-hydrogen) atoms. The zero-order chi connectivity index (χ0) is 18.5. The molecule has 2 heterocycles. The molecule has 0 atom stereocenters. The van der Waals surface area contributed by atoms with Gasteiger partial charge in [0, 0.05) is 37.1 Å². The van der Waals surface area contributed by atoms with Crippen LogP contribution in [0.5, 0.6) is 0 Å². The standard InChI is InChI=1S/C20H22N4O2/c1-14-8-9-17(20(26)23-14)19(25)21-10-11-24-15(2)13-22-18(24)12-16-6-4-3-5-7-16/h3-9,13H,10-12H2,1-2H3,(H,21,25)(H,23,26). The summed E-state index contributed by atoms with van der Waals surface area (Å²) >= 11 is 0. The van der Waals surface area contributed by atoms with Crippen LogP contribution in [-0.4, -0.2) is 27.0 Å². The van der Waals surface area contributed by atoms with E-state index in [4.69, 9.17) is 0 Å². The Morgan fingerprint density at radius 2 is 1.92 bits per heavy atom. The van der Waals surface area contributed by atoms with Gasteiger partial charge in [0.2, 0.25) is 0 Å². The summed E-state index contributed by atoms with van der Waals surface area (Å²) in [5, 5.41) is 2.81. The number of H-pyrrole nitrogens is 1. The van der Waals surface area contributed by atoms with E-state index in [-0.39, 0.29) is 17.0 Å². The molecule has 0 aliphatic carbocycles. The van der Waals surface area contributed by atoms with E-state index in [1.165, 1.54) is 5.56 Å². The highest BCUT2D eigenvalue weighted by Gasteiger charge is 2.11. The average Bonchev–Trinajstić information content (AvgIpc) is 2.96. The van der Waals surface area contributed by atoms with Crippen LogP contribution in [0, 0.1) is 13.8 Å². The number of hydrogen-bond acceptors (Lipinski definition) is 3. The smallest absolute Gasteiger partial charge is 0.260 e. The second-order valence-corrected chi connectivity index (χ2v) is 6.27. The molecule has 3 aromatic rings. The number of benzene rings is 1. The molecule has 0 bridgehead atoms. The summed E-state index contributed by atoms with van der Waals surface area (Å²) < 4.78 is 2.09. The lowest BCUT2D eigenvalue weighted by Gasteiger charge is -2.11. The maximum atomic E-state index is 12.2. The van der Waals surface area contributed by atoms with Gasteiger partial charge in [0.1, 0.15) is 11.4 Å². The number of carbonyl (C=O) groups excluding carboxylic acids is 1. The predicted octanol–water partition coefficient (Wildman–Crippen LogP) is 2.21. The molecular formula is C20H22N4O2. The van der Waals surface area contributed by atoms with Crippen LogP contribution >= 0.6 is 0 Å². The van der Waals surface area contributed by atoms with Gasteiger partial charge in [0.05, 0.1) is 0 Å². The molecule has 2 aromatic heterocycles. The molecule has 0 aliphatic rings. The zero-order valence-corrected chi connectivity index (χ0v) is 15.0. The minimum Gasteiger partial charge on any atom is -0.350 e. The Labute approximate surface area is 151 Å². The van der Waals surface area contributed by atoms with Crippen LogP contribution in [0.15, 0.2) is 53.5 Å². The van der Waals surface area contributed by atoms with Gasteiger partial charge in [-0.2, -0.15) is 0 Å². The fourth-order valence-electron chi connectivity index (χ4n) is 2.86. The van der Waals surface area contributed by atoms with Crippen molar-refractivity contribution in [1.82, 2.24) is 19.9 Å². The van der Waals surface area contributed by atoms with Gasteiger partial charge in [0.25, 0.3) is 11.5 Å². The van der Waals surface area contributed by atoms with E-state index in [0.29, 0.717) is 13.1 Å². The fraction of sp³-hybridized carbons (Fsp3) is 0.250. The van der Waals surface area contributed by atoms with Gasteiger partial charge < -0.3 is 14.9 Å². The van der Waals surface area contributed by atoms with E-state index < -0.39 is 0 Å². The molecule has 0 saturated heterocycles. The van der Waals surface area contributed by atoms with Crippen molar-refractivity contribution in [3.63, 3.8) is 0 Å². The van der Waals surface area contributed by atoms with Gasteiger partial charge in [-0.25, -0.2) is 4.98 Å².